The van der Waals surface area contributed by atoms with Crippen molar-refractivity contribution in [3.05, 3.63) is 82.9 Å². The number of hydrogen-bond acceptors (Lipinski definition) is 4. The zero-order valence-corrected chi connectivity index (χ0v) is 26.0. The second-order valence-electron chi connectivity index (χ2n) is 12.1. The summed E-state index contributed by atoms with van der Waals surface area (Å²) in [4.78, 5) is 21.7. The number of carbonyl (C=O) groups excluding carboxylic acids is 2. The summed E-state index contributed by atoms with van der Waals surface area (Å²) in [5.74, 6) is -1.35. The van der Waals surface area contributed by atoms with Crippen LogP contribution in [0.5, 0.6) is 11.5 Å². The van der Waals surface area contributed by atoms with Gasteiger partial charge in [-0.15, -0.1) is 0 Å². The molecule has 0 N–H and O–H groups in total. The Morgan fingerprint density at radius 2 is 1.06 bits per heavy atom. The molecule has 0 bridgehead atoms. The molecule has 4 nitrogen and oxygen atoms in total. The molecule has 2 saturated carbocycles. The van der Waals surface area contributed by atoms with Crippen molar-refractivity contribution in [2.75, 3.05) is 0 Å². The highest BCUT2D eigenvalue weighted by Crippen LogP contribution is 2.41. The fraction of sp³-hybridized carbons (Fsp3) is 0.389. The molecule has 0 spiro atoms. The molecule has 250 valence electrons. The number of ether oxygens (including phenoxy) is 2. The van der Waals surface area contributed by atoms with Crippen molar-refractivity contribution in [2.45, 2.75) is 75.9 Å². The van der Waals surface area contributed by atoms with Gasteiger partial charge in [0.1, 0.15) is 24.1 Å². The molecule has 0 aliphatic heterocycles. The number of fused-ring (bicyclic) bond motifs is 2. The highest BCUT2D eigenvalue weighted by molar-refractivity contribution is 6.37. The van der Waals surface area contributed by atoms with E-state index in [-0.39, 0.29) is 37.9 Å². The van der Waals surface area contributed by atoms with E-state index >= 15 is 0 Å². The Morgan fingerprint density at radius 1 is 0.574 bits per heavy atom. The Morgan fingerprint density at radius 3 is 1.62 bits per heavy atom. The topological polar surface area (TPSA) is 52.6 Å². The number of hydrogen-bond donors (Lipinski definition) is 0. The van der Waals surface area contributed by atoms with Crippen LogP contribution in [0.4, 0.5) is 26.3 Å². The average molecular weight is 679 g/mol. The molecule has 2 aliphatic rings. The maximum Gasteiger partial charge on any atom is 0.391 e. The van der Waals surface area contributed by atoms with Crippen molar-refractivity contribution in [1.29, 1.82) is 0 Å². The van der Waals surface area contributed by atoms with Crippen LogP contribution in [0.2, 0.25) is 5.02 Å². The van der Waals surface area contributed by atoms with E-state index in [2.05, 4.69) is 0 Å². The second kappa shape index (κ2) is 14.5. The van der Waals surface area contributed by atoms with Gasteiger partial charge in [-0.3, -0.25) is 9.59 Å². The molecule has 2 aliphatic carbocycles. The molecule has 0 atom stereocenters. The van der Waals surface area contributed by atoms with Gasteiger partial charge in [-0.25, -0.2) is 0 Å². The first kappa shape index (κ1) is 34.5. The smallest absolute Gasteiger partial charge is 0.391 e. The van der Waals surface area contributed by atoms with E-state index in [0.717, 1.165) is 28.7 Å². The van der Waals surface area contributed by atoms with Gasteiger partial charge in [0.05, 0.1) is 29.1 Å². The largest absolute Gasteiger partial charge is 0.490 e. The summed E-state index contributed by atoms with van der Waals surface area (Å²) >= 11 is 6.37. The predicted octanol–water partition coefficient (Wildman–Crippen LogP) is 11.0. The number of alkyl halides is 6. The van der Waals surface area contributed by atoms with Gasteiger partial charge in [0, 0.05) is 16.5 Å². The first-order chi connectivity index (χ1) is 22.3. The number of carbonyl (C=O) groups is 2. The molecule has 4 aromatic rings. The van der Waals surface area contributed by atoms with E-state index in [9.17, 15) is 35.9 Å². The summed E-state index contributed by atoms with van der Waals surface area (Å²) in [5, 5.41) is 3.83. The fourth-order valence-electron chi connectivity index (χ4n) is 6.22. The van der Waals surface area contributed by atoms with Gasteiger partial charge >= 0.3 is 12.4 Å². The number of benzene rings is 4. The number of aldehydes is 2. The molecule has 0 radical (unpaired) electrons. The lowest BCUT2D eigenvalue weighted by molar-refractivity contribution is -0.186. The molecule has 0 saturated heterocycles. The second-order valence-corrected chi connectivity index (χ2v) is 12.5. The molecule has 0 amide bonds. The van der Waals surface area contributed by atoms with Gasteiger partial charge in [-0.2, -0.15) is 26.3 Å². The molecule has 0 unspecified atom stereocenters. The molecular formula is C36H33ClF6O4. The lowest BCUT2D eigenvalue weighted by atomic mass is 9.87. The zero-order valence-electron chi connectivity index (χ0n) is 25.3. The molecule has 2 fully saturated rings. The van der Waals surface area contributed by atoms with Crippen LogP contribution in [-0.2, 0) is 0 Å². The first-order valence-electron chi connectivity index (χ1n) is 15.5. The lowest BCUT2D eigenvalue weighted by Gasteiger charge is -2.30. The van der Waals surface area contributed by atoms with Crippen molar-refractivity contribution in [3.8, 4) is 11.5 Å². The fourth-order valence-corrected chi connectivity index (χ4v) is 6.49. The van der Waals surface area contributed by atoms with Crippen LogP contribution in [-0.4, -0.2) is 37.1 Å². The maximum atomic E-state index is 12.7. The molecule has 4 aromatic carbocycles. The van der Waals surface area contributed by atoms with Crippen LogP contribution in [0.15, 0.2) is 66.7 Å². The summed E-state index contributed by atoms with van der Waals surface area (Å²) in [5.41, 5.74) is 1.09. The van der Waals surface area contributed by atoms with Crippen LogP contribution < -0.4 is 9.47 Å². The quantitative estimate of drug-likeness (QED) is 0.150. The third kappa shape index (κ3) is 8.77. The van der Waals surface area contributed by atoms with Crippen LogP contribution in [0.1, 0.15) is 72.1 Å². The maximum absolute atomic E-state index is 12.7. The van der Waals surface area contributed by atoms with Gasteiger partial charge in [0.15, 0.2) is 0 Å². The van der Waals surface area contributed by atoms with Gasteiger partial charge in [-0.1, -0.05) is 48.0 Å². The van der Waals surface area contributed by atoms with Crippen LogP contribution in [0, 0.1) is 11.8 Å². The highest BCUT2D eigenvalue weighted by Gasteiger charge is 2.42. The zero-order chi connectivity index (χ0) is 33.8. The molecule has 0 heterocycles. The molecule has 6 rings (SSSR count). The molecule has 11 heteroatoms. The van der Waals surface area contributed by atoms with Crippen molar-refractivity contribution in [2.24, 2.45) is 11.8 Å². The Hall–Kier alpha value is -3.79. The SMILES string of the molecule is O=Cc1ccc2ccc(OC3CCC(C(F)(F)F)CC3)c(Cl)c2c1.O=Cc1ccc2ccc(OC3CCC(C(F)(F)F)CC3)cc2c1. The average Bonchev–Trinajstić information content (AvgIpc) is 3.05. The summed E-state index contributed by atoms with van der Waals surface area (Å²) in [6.45, 7) is 0. The first-order valence-corrected chi connectivity index (χ1v) is 15.8. The summed E-state index contributed by atoms with van der Waals surface area (Å²) in [7, 11) is 0. The minimum atomic E-state index is -4.13. The molecule has 0 aromatic heterocycles. The Bertz CT molecular complexity index is 1700. The van der Waals surface area contributed by atoms with Gasteiger partial charge < -0.3 is 9.47 Å². The van der Waals surface area contributed by atoms with E-state index in [0.29, 0.717) is 58.7 Å². The third-order valence-electron chi connectivity index (χ3n) is 8.92. The summed E-state index contributed by atoms with van der Waals surface area (Å²) < 4.78 is 87.8. The lowest BCUT2D eigenvalue weighted by Crippen LogP contribution is -2.31. The van der Waals surface area contributed by atoms with Crippen LogP contribution in [0.25, 0.3) is 21.5 Å². The minimum Gasteiger partial charge on any atom is -0.490 e. The van der Waals surface area contributed by atoms with Crippen molar-refractivity contribution >= 4 is 45.7 Å². The van der Waals surface area contributed by atoms with E-state index in [1.807, 2.05) is 30.3 Å². The van der Waals surface area contributed by atoms with Crippen LogP contribution >= 0.6 is 11.6 Å². The summed E-state index contributed by atoms with van der Waals surface area (Å²) in [6, 6.07) is 19.6. The third-order valence-corrected chi connectivity index (χ3v) is 9.31. The normalized spacial score (nSPS) is 21.9. The standard InChI is InChI=1S/C18H16ClF3O2.C18H17F3O2/c19-17-15-9-11(10-23)1-2-12(15)3-8-16(17)24-14-6-4-13(5-7-14)18(20,21)22;19-18(20,21)15-4-7-16(8-5-15)23-17-6-3-13-2-1-12(11-22)9-14(13)10-17/h1-3,8-10,13-14H,4-7H2;1-3,6,9-11,15-16H,4-5,7-8H2. The van der Waals surface area contributed by atoms with E-state index in [4.69, 9.17) is 21.1 Å². The van der Waals surface area contributed by atoms with E-state index < -0.39 is 24.2 Å². The highest BCUT2D eigenvalue weighted by atomic mass is 35.5. The van der Waals surface area contributed by atoms with Crippen molar-refractivity contribution in [1.82, 2.24) is 0 Å². The predicted molar refractivity (Wildman–Crippen MR) is 169 cm³/mol. The number of halogens is 7. The van der Waals surface area contributed by atoms with Crippen molar-refractivity contribution < 1.29 is 45.4 Å². The van der Waals surface area contributed by atoms with Gasteiger partial charge in [0.25, 0.3) is 0 Å². The van der Waals surface area contributed by atoms with Crippen molar-refractivity contribution in [3.63, 3.8) is 0 Å². The van der Waals surface area contributed by atoms with Gasteiger partial charge in [-0.05, 0) is 97.9 Å². The minimum absolute atomic E-state index is 0.0780. The van der Waals surface area contributed by atoms with E-state index in [1.165, 1.54) is 0 Å². The van der Waals surface area contributed by atoms with Crippen LogP contribution in [0.3, 0.4) is 0 Å². The van der Waals surface area contributed by atoms with Gasteiger partial charge in [0.2, 0.25) is 0 Å². The monoisotopic (exact) mass is 678 g/mol. The number of rotatable bonds is 6. The Balaban J connectivity index is 0.000000185. The molecular weight excluding hydrogens is 646 g/mol. The Labute approximate surface area is 273 Å². The summed E-state index contributed by atoms with van der Waals surface area (Å²) in [6.07, 6.45) is -5.22. The van der Waals surface area contributed by atoms with E-state index in [1.54, 1.807) is 36.4 Å². The Kier molecular flexibility index (Phi) is 10.7. The molecule has 47 heavy (non-hydrogen) atoms.